The van der Waals surface area contributed by atoms with Crippen molar-refractivity contribution in [3.63, 3.8) is 0 Å². The zero-order chi connectivity index (χ0) is 13.4. The van der Waals surface area contributed by atoms with Gasteiger partial charge >= 0.3 is 0 Å². The van der Waals surface area contributed by atoms with E-state index in [1.165, 1.54) is 11.1 Å². The van der Waals surface area contributed by atoms with Gasteiger partial charge in [0.05, 0.1) is 6.61 Å². The Hall–Kier alpha value is -1.00. The van der Waals surface area contributed by atoms with Crippen LogP contribution in [-0.4, -0.2) is 26.2 Å². The van der Waals surface area contributed by atoms with Crippen LogP contribution in [0.4, 0.5) is 8.78 Å². The summed E-state index contributed by atoms with van der Waals surface area (Å²) in [5.74, 6) is 0.537. The molecular weight excluding hydrogens is 236 g/mol. The molecule has 0 saturated carbocycles. The second-order valence-electron chi connectivity index (χ2n) is 4.54. The van der Waals surface area contributed by atoms with E-state index in [4.69, 9.17) is 4.74 Å². The molecule has 2 nitrogen and oxygen atoms in total. The van der Waals surface area contributed by atoms with Crippen LogP contribution in [0.5, 0.6) is 0 Å². The number of hydrogen-bond acceptors (Lipinski definition) is 2. The highest BCUT2D eigenvalue weighted by atomic mass is 19.3. The highest BCUT2D eigenvalue weighted by Gasteiger charge is 2.01. The van der Waals surface area contributed by atoms with Crippen molar-refractivity contribution >= 4 is 0 Å². The minimum atomic E-state index is -2.38. The zero-order valence-electron chi connectivity index (χ0n) is 11.0. The first-order valence-corrected chi connectivity index (χ1v) is 6.25. The lowest BCUT2D eigenvalue weighted by Crippen LogP contribution is -2.20. The Morgan fingerprint density at radius 1 is 1.17 bits per heavy atom. The molecule has 4 heteroatoms. The van der Waals surface area contributed by atoms with Gasteiger partial charge in [-0.05, 0) is 17.0 Å². The fraction of sp³-hybridized carbons (Fsp3) is 0.571. The normalized spacial score (nSPS) is 11.4. The quantitative estimate of drug-likeness (QED) is 0.722. The van der Waals surface area contributed by atoms with Crippen molar-refractivity contribution in [1.82, 2.24) is 5.32 Å². The van der Waals surface area contributed by atoms with Crippen LogP contribution in [0.3, 0.4) is 0 Å². The molecule has 0 aliphatic heterocycles. The first-order valence-electron chi connectivity index (χ1n) is 6.25. The minimum Gasteiger partial charge on any atom is -0.374 e. The summed E-state index contributed by atoms with van der Waals surface area (Å²) in [6, 6.07) is 8.41. The predicted octanol–water partition coefficient (Wildman–Crippen LogP) is 3.18. The van der Waals surface area contributed by atoms with Crippen molar-refractivity contribution < 1.29 is 13.5 Å². The van der Waals surface area contributed by atoms with Crippen molar-refractivity contribution in [3.05, 3.63) is 35.4 Å². The molecule has 0 fully saturated rings. The first-order chi connectivity index (χ1) is 8.59. The molecule has 0 aromatic heterocycles. The van der Waals surface area contributed by atoms with Crippen LogP contribution in [0.1, 0.15) is 30.9 Å². The van der Waals surface area contributed by atoms with Crippen LogP contribution in [-0.2, 0) is 11.3 Å². The van der Waals surface area contributed by atoms with Crippen LogP contribution < -0.4 is 5.32 Å². The predicted molar refractivity (Wildman–Crippen MR) is 69.1 cm³/mol. The summed E-state index contributed by atoms with van der Waals surface area (Å²) < 4.78 is 28.3. The summed E-state index contributed by atoms with van der Waals surface area (Å²) in [6.45, 7) is 5.47. The average Bonchev–Trinajstić information content (AvgIpc) is 2.34. The molecule has 0 unspecified atom stereocenters. The summed E-state index contributed by atoms with van der Waals surface area (Å²) in [5, 5.41) is 3.15. The van der Waals surface area contributed by atoms with Crippen LogP contribution in [0.15, 0.2) is 24.3 Å². The molecule has 1 aromatic carbocycles. The van der Waals surface area contributed by atoms with E-state index in [0.29, 0.717) is 19.1 Å². The second kappa shape index (κ2) is 8.16. The first kappa shape index (κ1) is 15.1. The van der Waals surface area contributed by atoms with Gasteiger partial charge in [0.2, 0.25) is 0 Å². The highest BCUT2D eigenvalue weighted by Crippen LogP contribution is 2.14. The molecule has 1 rings (SSSR count). The topological polar surface area (TPSA) is 21.3 Å². The molecule has 0 bridgehead atoms. The number of alkyl halides is 2. The second-order valence-corrected chi connectivity index (χ2v) is 4.54. The third kappa shape index (κ3) is 6.07. The molecule has 0 amide bonds. The maximum atomic E-state index is 11.8. The number of halogens is 2. The van der Waals surface area contributed by atoms with E-state index in [2.05, 4.69) is 43.4 Å². The van der Waals surface area contributed by atoms with Gasteiger partial charge in [0.15, 0.2) is 0 Å². The summed E-state index contributed by atoms with van der Waals surface area (Å²) in [7, 11) is 0. The summed E-state index contributed by atoms with van der Waals surface area (Å²) >= 11 is 0. The zero-order valence-corrected chi connectivity index (χ0v) is 11.0. The number of hydrogen-bond donors (Lipinski definition) is 1. The molecular formula is C14H21F2NO. The van der Waals surface area contributed by atoms with Gasteiger partial charge < -0.3 is 10.1 Å². The molecule has 18 heavy (non-hydrogen) atoms. The number of ether oxygens (including phenoxy) is 1. The van der Waals surface area contributed by atoms with Gasteiger partial charge in [-0.15, -0.1) is 0 Å². The summed E-state index contributed by atoms with van der Waals surface area (Å²) in [4.78, 5) is 0. The van der Waals surface area contributed by atoms with Gasteiger partial charge in [0.25, 0.3) is 6.43 Å². The highest BCUT2D eigenvalue weighted by molar-refractivity contribution is 5.24. The molecule has 0 atom stereocenters. The lowest BCUT2D eigenvalue weighted by molar-refractivity contribution is 0.0187. The molecule has 0 saturated heterocycles. The molecule has 0 radical (unpaired) electrons. The van der Waals surface area contributed by atoms with Crippen LogP contribution >= 0.6 is 0 Å². The fourth-order valence-electron chi connectivity index (χ4n) is 1.57. The van der Waals surface area contributed by atoms with Crippen molar-refractivity contribution in [2.45, 2.75) is 32.7 Å². The van der Waals surface area contributed by atoms with Crippen LogP contribution in [0, 0.1) is 0 Å². The third-order valence-electron chi connectivity index (χ3n) is 2.64. The maximum absolute atomic E-state index is 11.8. The lowest BCUT2D eigenvalue weighted by atomic mass is 10.0. The number of rotatable bonds is 8. The smallest absolute Gasteiger partial charge is 0.261 e. The molecule has 1 aromatic rings. The van der Waals surface area contributed by atoms with E-state index in [9.17, 15) is 8.78 Å². The van der Waals surface area contributed by atoms with Gasteiger partial charge in [0.1, 0.15) is 6.61 Å². The Kier molecular flexibility index (Phi) is 6.83. The Balaban J connectivity index is 2.15. The van der Waals surface area contributed by atoms with Gasteiger partial charge in [-0.1, -0.05) is 38.1 Å². The van der Waals surface area contributed by atoms with Gasteiger partial charge in [-0.3, -0.25) is 0 Å². The lowest BCUT2D eigenvalue weighted by Gasteiger charge is -2.08. The minimum absolute atomic E-state index is 0.314. The van der Waals surface area contributed by atoms with Crippen molar-refractivity contribution in [2.24, 2.45) is 0 Å². The standard InChI is InChI=1S/C14H21F2NO/c1-11(2)13-5-3-12(4-6-13)9-17-7-8-18-10-14(15)16/h3-6,11,14,17H,7-10H2,1-2H3. The maximum Gasteiger partial charge on any atom is 0.261 e. The average molecular weight is 257 g/mol. The van der Waals surface area contributed by atoms with Gasteiger partial charge in [0, 0.05) is 13.1 Å². The van der Waals surface area contributed by atoms with Gasteiger partial charge in [-0.2, -0.15) is 0 Å². The molecule has 0 aliphatic carbocycles. The van der Waals surface area contributed by atoms with E-state index in [1.54, 1.807) is 0 Å². The van der Waals surface area contributed by atoms with Crippen molar-refractivity contribution in [1.29, 1.82) is 0 Å². The van der Waals surface area contributed by atoms with Crippen LogP contribution in [0.25, 0.3) is 0 Å². The Labute approximate surface area is 107 Å². The molecule has 102 valence electrons. The van der Waals surface area contributed by atoms with Crippen molar-refractivity contribution in [2.75, 3.05) is 19.8 Å². The molecule has 0 aliphatic rings. The molecule has 1 N–H and O–H groups in total. The summed E-state index contributed by atoms with van der Waals surface area (Å²) in [6.07, 6.45) is -2.38. The molecule has 0 heterocycles. The van der Waals surface area contributed by atoms with Gasteiger partial charge in [-0.25, -0.2) is 8.78 Å². The number of nitrogens with one attached hydrogen (secondary N) is 1. The van der Waals surface area contributed by atoms with E-state index in [-0.39, 0.29) is 0 Å². The Morgan fingerprint density at radius 2 is 1.83 bits per heavy atom. The Morgan fingerprint density at radius 3 is 2.39 bits per heavy atom. The Bertz CT molecular complexity index is 325. The van der Waals surface area contributed by atoms with E-state index < -0.39 is 13.0 Å². The van der Waals surface area contributed by atoms with E-state index in [0.717, 1.165) is 6.54 Å². The monoisotopic (exact) mass is 257 g/mol. The van der Waals surface area contributed by atoms with E-state index >= 15 is 0 Å². The summed E-state index contributed by atoms with van der Waals surface area (Å²) in [5.41, 5.74) is 2.51. The largest absolute Gasteiger partial charge is 0.374 e. The number of benzene rings is 1. The third-order valence-corrected chi connectivity index (χ3v) is 2.64. The van der Waals surface area contributed by atoms with Crippen molar-refractivity contribution in [3.8, 4) is 0 Å². The SMILES string of the molecule is CC(C)c1ccc(CNCCOCC(F)F)cc1. The van der Waals surface area contributed by atoms with Crippen LogP contribution in [0.2, 0.25) is 0 Å². The fourth-order valence-corrected chi connectivity index (χ4v) is 1.57. The van der Waals surface area contributed by atoms with E-state index in [1.807, 2.05) is 0 Å². The molecule has 0 spiro atoms.